The molecule has 1 aliphatic rings. The van der Waals surface area contributed by atoms with Crippen LogP contribution in [0.25, 0.3) is 0 Å². The quantitative estimate of drug-likeness (QED) is 0.483. The van der Waals surface area contributed by atoms with Gasteiger partial charge in [-0.25, -0.2) is 0 Å². The van der Waals surface area contributed by atoms with Gasteiger partial charge in [-0.05, 0) is 18.9 Å². The van der Waals surface area contributed by atoms with Crippen molar-refractivity contribution in [1.29, 1.82) is 0 Å². The number of nitro benzene ring substituents is 1. The van der Waals surface area contributed by atoms with Crippen LogP contribution in [0.2, 0.25) is 0 Å². The van der Waals surface area contributed by atoms with Gasteiger partial charge in [0.25, 0.3) is 5.69 Å². The third-order valence-electron chi connectivity index (χ3n) is 3.01. The van der Waals surface area contributed by atoms with E-state index in [-0.39, 0.29) is 18.0 Å². The molecule has 0 aromatic heterocycles. The predicted molar refractivity (Wildman–Crippen MR) is 67.6 cm³/mol. The minimum atomic E-state index is -0.627. The first-order valence-electron chi connectivity index (χ1n) is 5.83. The highest BCUT2D eigenvalue weighted by molar-refractivity contribution is 6.01. The molecule has 0 bridgehead atoms. The molecule has 1 saturated heterocycles. The second-order valence-electron chi connectivity index (χ2n) is 4.37. The third-order valence-corrected chi connectivity index (χ3v) is 3.01. The number of amides is 2. The number of nitro groups is 1. The van der Waals surface area contributed by atoms with Crippen molar-refractivity contribution in [3.8, 4) is 0 Å². The van der Waals surface area contributed by atoms with Crippen LogP contribution in [0.3, 0.4) is 0 Å². The SMILES string of the molecule is Cc1cccc([N+](=O)[O-])c1NC1CCC(=O)NC1=O. The molecule has 1 aromatic rings. The van der Waals surface area contributed by atoms with Crippen molar-refractivity contribution in [2.24, 2.45) is 0 Å². The molecule has 1 atom stereocenters. The number of benzene rings is 1. The summed E-state index contributed by atoms with van der Waals surface area (Å²) in [7, 11) is 0. The van der Waals surface area contributed by atoms with E-state index in [2.05, 4.69) is 10.6 Å². The van der Waals surface area contributed by atoms with Gasteiger partial charge >= 0.3 is 0 Å². The van der Waals surface area contributed by atoms with Gasteiger partial charge < -0.3 is 5.32 Å². The normalized spacial score (nSPS) is 18.9. The molecular formula is C12H13N3O4. The summed E-state index contributed by atoms with van der Waals surface area (Å²) >= 11 is 0. The van der Waals surface area contributed by atoms with Crippen LogP contribution in [-0.4, -0.2) is 22.8 Å². The summed E-state index contributed by atoms with van der Waals surface area (Å²) in [4.78, 5) is 33.1. The van der Waals surface area contributed by atoms with Gasteiger partial charge in [0, 0.05) is 12.5 Å². The van der Waals surface area contributed by atoms with Gasteiger partial charge in [-0.3, -0.25) is 25.0 Å². The largest absolute Gasteiger partial charge is 0.368 e. The van der Waals surface area contributed by atoms with Crippen molar-refractivity contribution < 1.29 is 14.5 Å². The molecule has 2 amide bonds. The summed E-state index contributed by atoms with van der Waals surface area (Å²) < 4.78 is 0. The average Bonchev–Trinajstić information content (AvgIpc) is 2.34. The number of aryl methyl sites for hydroxylation is 1. The van der Waals surface area contributed by atoms with E-state index in [1.807, 2.05) is 0 Å². The first kappa shape index (κ1) is 13.0. The minimum absolute atomic E-state index is 0.0790. The Morgan fingerprint density at radius 2 is 2.16 bits per heavy atom. The maximum Gasteiger partial charge on any atom is 0.292 e. The van der Waals surface area contributed by atoms with Crippen LogP contribution in [0.5, 0.6) is 0 Å². The fraction of sp³-hybridized carbons (Fsp3) is 0.333. The zero-order chi connectivity index (χ0) is 14.0. The summed E-state index contributed by atoms with van der Waals surface area (Å²) in [6, 6.07) is 4.06. The summed E-state index contributed by atoms with van der Waals surface area (Å²) in [5.74, 6) is -0.767. The molecule has 1 aliphatic heterocycles. The van der Waals surface area contributed by atoms with E-state index in [0.717, 1.165) is 0 Å². The highest BCUT2D eigenvalue weighted by Gasteiger charge is 2.28. The molecule has 2 rings (SSSR count). The van der Waals surface area contributed by atoms with E-state index in [1.54, 1.807) is 19.1 Å². The number of hydrogen-bond donors (Lipinski definition) is 2. The monoisotopic (exact) mass is 263 g/mol. The minimum Gasteiger partial charge on any atom is -0.368 e. The maximum absolute atomic E-state index is 11.6. The number of nitrogens with zero attached hydrogens (tertiary/aromatic N) is 1. The number of piperidine rings is 1. The molecule has 7 heteroatoms. The smallest absolute Gasteiger partial charge is 0.292 e. The van der Waals surface area contributed by atoms with E-state index in [4.69, 9.17) is 0 Å². The van der Waals surface area contributed by atoms with Gasteiger partial charge in [0.2, 0.25) is 11.8 Å². The van der Waals surface area contributed by atoms with E-state index in [0.29, 0.717) is 17.7 Å². The van der Waals surface area contributed by atoms with Crippen molar-refractivity contribution in [1.82, 2.24) is 5.32 Å². The molecule has 0 saturated carbocycles. The number of carbonyl (C=O) groups excluding carboxylic acids is 2. The lowest BCUT2D eigenvalue weighted by Gasteiger charge is -2.23. The van der Waals surface area contributed by atoms with Crippen molar-refractivity contribution in [3.05, 3.63) is 33.9 Å². The lowest BCUT2D eigenvalue weighted by Crippen LogP contribution is -2.47. The Morgan fingerprint density at radius 3 is 2.79 bits per heavy atom. The number of hydrogen-bond acceptors (Lipinski definition) is 5. The molecule has 0 radical (unpaired) electrons. The van der Waals surface area contributed by atoms with Gasteiger partial charge in [-0.15, -0.1) is 0 Å². The van der Waals surface area contributed by atoms with Crippen LogP contribution in [0.1, 0.15) is 18.4 Å². The van der Waals surface area contributed by atoms with Crippen LogP contribution in [0.4, 0.5) is 11.4 Å². The fourth-order valence-electron chi connectivity index (χ4n) is 2.00. The summed E-state index contributed by atoms with van der Waals surface area (Å²) in [5, 5.41) is 16.0. The van der Waals surface area contributed by atoms with Gasteiger partial charge in [0.05, 0.1) is 4.92 Å². The number of anilines is 1. The molecule has 19 heavy (non-hydrogen) atoms. The highest BCUT2D eigenvalue weighted by Crippen LogP contribution is 2.29. The van der Waals surface area contributed by atoms with E-state index in [1.165, 1.54) is 6.07 Å². The van der Waals surface area contributed by atoms with Crippen LogP contribution in [0, 0.1) is 17.0 Å². The number of nitrogens with one attached hydrogen (secondary N) is 2. The Hall–Kier alpha value is -2.44. The molecule has 1 fully saturated rings. The lowest BCUT2D eigenvalue weighted by atomic mass is 10.0. The Bertz CT molecular complexity index is 556. The number of rotatable bonds is 3. The predicted octanol–water partition coefficient (Wildman–Crippen LogP) is 1.12. The number of imide groups is 1. The second-order valence-corrected chi connectivity index (χ2v) is 4.37. The van der Waals surface area contributed by atoms with Crippen LogP contribution in [0.15, 0.2) is 18.2 Å². The molecule has 1 heterocycles. The van der Waals surface area contributed by atoms with E-state index in [9.17, 15) is 19.7 Å². The first-order valence-corrected chi connectivity index (χ1v) is 5.83. The molecule has 100 valence electrons. The second kappa shape index (κ2) is 5.05. The van der Waals surface area contributed by atoms with Gasteiger partial charge in [-0.1, -0.05) is 12.1 Å². The average molecular weight is 263 g/mol. The molecule has 7 nitrogen and oxygen atoms in total. The molecule has 1 unspecified atom stereocenters. The standard InChI is InChI=1S/C12H13N3O4/c1-7-3-2-4-9(15(18)19)11(7)13-8-5-6-10(16)14-12(8)17/h2-4,8,13H,5-6H2,1H3,(H,14,16,17). The van der Waals surface area contributed by atoms with E-state index >= 15 is 0 Å². The highest BCUT2D eigenvalue weighted by atomic mass is 16.6. The maximum atomic E-state index is 11.6. The van der Waals surface area contributed by atoms with Crippen LogP contribution >= 0.6 is 0 Å². The summed E-state index contributed by atoms with van der Waals surface area (Å²) in [5.41, 5.74) is 0.922. The zero-order valence-corrected chi connectivity index (χ0v) is 10.3. The molecule has 0 spiro atoms. The number of carbonyl (C=O) groups is 2. The fourth-order valence-corrected chi connectivity index (χ4v) is 2.00. The zero-order valence-electron chi connectivity index (χ0n) is 10.3. The van der Waals surface area contributed by atoms with Gasteiger partial charge in [0.1, 0.15) is 11.7 Å². The Balaban J connectivity index is 2.26. The lowest BCUT2D eigenvalue weighted by molar-refractivity contribution is -0.384. The Morgan fingerprint density at radius 1 is 1.42 bits per heavy atom. The van der Waals surface area contributed by atoms with Gasteiger partial charge in [0.15, 0.2) is 0 Å². The van der Waals surface area contributed by atoms with Crippen molar-refractivity contribution in [3.63, 3.8) is 0 Å². The van der Waals surface area contributed by atoms with Crippen molar-refractivity contribution in [2.45, 2.75) is 25.8 Å². The van der Waals surface area contributed by atoms with Gasteiger partial charge in [-0.2, -0.15) is 0 Å². The van der Waals surface area contributed by atoms with E-state index < -0.39 is 16.9 Å². The third kappa shape index (κ3) is 2.70. The molecule has 1 aromatic carbocycles. The van der Waals surface area contributed by atoms with Crippen LogP contribution < -0.4 is 10.6 Å². The number of para-hydroxylation sites is 1. The van der Waals surface area contributed by atoms with Crippen molar-refractivity contribution in [2.75, 3.05) is 5.32 Å². The first-order chi connectivity index (χ1) is 8.99. The molecular weight excluding hydrogens is 250 g/mol. The summed E-state index contributed by atoms with van der Waals surface area (Å²) in [6.45, 7) is 1.72. The molecule has 2 N–H and O–H groups in total. The Kier molecular flexibility index (Phi) is 3.46. The molecule has 0 aliphatic carbocycles. The Labute approximate surface area is 109 Å². The van der Waals surface area contributed by atoms with Crippen molar-refractivity contribution >= 4 is 23.2 Å². The topological polar surface area (TPSA) is 101 Å². The van der Waals surface area contributed by atoms with Crippen LogP contribution in [-0.2, 0) is 9.59 Å². The summed E-state index contributed by atoms with van der Waals surface area (Å²) in [6.07, 6.45) is 0.555.